The minimum Gasteiger partial charge on any atom is -0.457 e. The van der Waals surface area contributed by atoms with Gasteiger partial charge in [-0.2, -0.15) is 0 Å². The van der Waals surface area contributed by atoms with Gasteiger partial charge in [-0.1, -0.05) is 18.2 Å². The smallest absolute Gasteiger partial charge is 0.411 e. The molecular weight excluding hydrogens is 356 g/mol. The lowest BCUT2D eigenvalue weighted by Gasteiger charge is -2.09. The zero-order valence-corrected chi connectivity index (χ0v) is 15.3. The van der Waals surface area contributed by atoms with E-state index < -0.39 is 6.09 Å². The molecule has 0 heterocycles. The summed E-state index contributed by atoms with van der Waals surface area (Å²) < 4.78 is 10.5. The van der Waals surface area contributed by atoms with Gasteiger partial charge < -0.3 is 14.8 Å². The molecule has 3 aromatic carbocycles. The quantitative estimate of drug-likeness (QED) is 0.612. The van der Waals surface area contributed by atoms with Crippen molar-refractivity contribution in [3.8, 4) is 11.5 Å². The fourth-order valence-electron chi connectivity index (χ4n) is 2.42. The number of rotatable bonds is 6. The number of anilines is 2. The maximum atomic E-state index is 12.4. The summed E-state index contributed by atoms with van der Waals surface area (Å²) >= 11 is 0. The van der Waals surface area contributed by atoms with E-state index in [1.54, 1.807) is 55.5 Å². The summed E-state index contributed by atoms with van der Waals surface area (Å²) in [4.78, 5) is 23.8. The van der Waals surface area contributed by atoms with E-state index in [1.165, 1.54) is 0 Å². The molecule has 2 N–H and O–H groups in total. The van der Waals surface area contributed by atoms with Crippen molar-refractivity contribution in [2.75, 3.05) is 17.2 Å². The van der Waals surface area contributed by atoms with E-state index in [9.17, 15) is 9.59 Å². The second kappa shape index (κ2) is 9.23. The largest absolute Gasteiger partial charge is 0.457 e. The summed E-state index contributed by atoms with van der Waals surface area (Å²) in [6.07, 6.45) is -0.530. The summed E-state index contributed by atoms with van der Waals surface area (Å²) in [5, 5.41) is 5.40. The Bertz CT molecular complexity index is 923. The number of hydrogen-bond donors (Lipinski definition) is 2. The van der Waals surface area contributed by atoms with Crippen LogP contribution in [0.1, 0.15) is 17.3 Å². The molecule has 3 aromatic rings. The van der Waals surface area contributed by atoms with Gasteiger partial charge in [-0.25, -0.2) is 4.79 Å². The molecule has 142 valence electrons. The molecule has 6 heteroatoms. The van der Waals surface area contributed by atoms with Gasteiger partial charge in [0.2, 0.25) is 0 Å². The zero-order chi connectivity index (χ0) is 19.8. The fraction of sp³-hybridized carbons (Fsp3) is 0.0909. The first-order valence-corrected chi connectivity index (χ1v) is 8.82. The Labute approximate surface area is 163 Å². The first-order chi connectivity index (χ1) is 13.6. The van der Waals surface area contributed by atoms with E-state index in [0.717, 1.165) is 5.75 Å². The highest BCUT2D eigenvalue weighted by Gasteiger charge is 2.08. The summed E-state index contributed by atoms with van der Waals surface area (Å²) in [5.41, 5.74) is 1.68. The van der Waals surface area contributed by atoms with E-state index >= 15 is 0 Å². The second-order valence-corrected chi connectivity index (χ2v) is 5.82. The lowest BCUT2D eigenvalue weighted by Crippen LogP contribution is -2.14. The SMILES string of the molecule is CCOC(=O)Nc1ccc(C(=O)Nc2ccc(Oc3ccccc3)cc2)cc1. The van der Waals surface area contributed by atoms with Gasteiger partial charge in [0.25, 0.3) is 5.91 Å². The molecule has 0 bridgehead atoms. The molecule has 0 saturated heterocycles. The molecule has 6 nitrogen and oxygen atoms in total. The molecule has 0 atom stereocenters. The van der Waals surface area contributed by atoms with E-state index in [1.807, 2.05) is 30.3 Å². The maximum Gasteiger partial charge on any atom is 0.411 e. The summed E-state index contributed by atoms with van der Waals surface area (Å²) in [5.74, 6) is 1.17. The van der Waals surface area contributed by atoms with Crippen LogP contribution in [0.3, 0.4) is 0 Å². The minimum atomic E-state index is -0.530. The third kappa shape index (κ3) is 5.35. The van der Waals surface area contributed by atoms with Crippen molar-refractivity contribution in [1.29, 1.82) is 0 Å². The van der Waals surface area contributed by atoms with Crippen LogP contribution in [0, 0.1) is 0 Å². The predicted octanol–water partition coefficient (Wildman–Crippen LogP) is 5.30. The number of carbonyl (C=O) groups is 2. The van der Waals surface area contributed by atoms with Crippen LogP contribution < -0.4 is 15.4 Å². The van der Waals surface area contributed by atoms with Gasteiger partial charge in [-0.15, -0.1) is 0 Å². The van der Waals surface area contributed by atoms with Gasteiger partial charge in [-0.3, -0.25) is 10.1 Å². The van der Waals surface area contributed by atoms with Crippen LogP contribution in [0.5, 0.6) is 11.5 Å². The highest BCUT2D eigenvalue weighted by Crippen LogP contribution is 2.23. The Morgan fingerprint density at radius 2 is 1.32 bits per heavy atom. The molecule has 0 spiro atoms. The Morgan fingerprint density at radius 3 is 1.96 bits per heavy atom. The van der Waals surface area contributed by atoms with Gasteiger partial charge in [0, 0.05) is 16.9 Å². The van der Waals surface area contributed by atoms with Gasteiger partial charge in [0.05, 0.1) is 6.61 Å². The van der Waals surface area contributed by atoms with Crippen LogP contribution in [-0.2, 0) is 4.74 Å². The fourth-order valence-corrected chi connectivity index (χ4v) is 2.42. The van der Waals surface area contributed by atoms with E-state index in [0.29, 0.717) is 29.3 Å². The van der Waals surface area contributed by atoms with Crippen molar-refractivity contribution >= 4 is 23.4 Å². The van der Waals surface area contributed by atoms with Crippen LogP contribution in [0.25, 0.3) is 0 Å². The highest BCUT2D eigenvalue weighted by atomic mass is 16.5. The molecule has 0 radical (unpaired) electrons. The lowest BCUT2D eigenvalue weighted by molar-refractivity contribution is 0.102. The van der Waals surface area contributed by atoms with Gasteiger partial charge in [-0.05, 0) is 67.6 Å². The summed E-state index contributed by atoms with van der Waals surface area (Å²) in [6.45, 7) is 2.02. The van der Waals surface area contributed by atoms with Gasteiger partial charge >= 0.3 is 6.09 Å². The van der Waals surface area contributed by atoms with Crippen molar-refractivity contribution in [3.63, 3.8) is 0 Å². The molecule has 0 unspecified atom stereocenters. The summed E-state index contributed by atoms with van der Waals surface area (Å²) in [7, 11) is 0. The summed E-state index contributed by atoms with van der Waals surface area (Å²) in [6, 6.07) is 23.1. The van der Waals surface area contributed by atoms with Crippen molar-refractivity contribution in [3.05, 3.63) is 84.4 Å². The molecule has 0 saturated carbocycles. The number of hydrogen-bond acceptors (Lipinski definition) is 4. The molecule has 0 aliphatic rings. The maximum absolute atomic E-state index is 12.4. The Balaban J connectivity index is 1.57. The zero-order valence-electron chi connectivity index (χ0n) is 15.3. The molecule has 0 aromatic heterocycles. The molecule has 3 rings (SSSR count). The highest BCUT2D eigenvalue weighted by molar-refractivity contribution is 6.04. The standard InChI is InChI=1S/C22H20N2O4/c1-2-27-22(26)24-18-10-8-16(9-11-18)21(25)23-17-12-14-20(15-13-17)28-19-6-4-3-5-7-19/h3-15H,2H2,1H3,(H,23,25)(H,24,26). The van der Waals surface area contributed by atoms with Crippen LogP contribution in [-0.4, -0.2) is 18.6 Å². The number of nitrogens with one attached hydrogen (secondary N) is 2. The predicted molar refractivity (Wildman–Crippen MR) is 108 cm³/mol. The van der Waals surface area contributed by atoms with Crippen LogP contribution in [0.2, 0.25) is 0 Å². The third-order valence-electron chi connectivity index (χ3n) is 3.76. The number of amides is 2. The van der Waals surface area contributed by atoms with E-state index in [-0.39, 0.29) is 5.91 Å². The number of carbonyl (C=O) groups excluding carboxylic acids is 2. The van der Waals surface area contributed by atoms with E-state index in [2.05, 4.69) is 10.6 Å². The van der Waals surface area contributed by atoms with E-state index in [4.69, 9.17) is 9.47 Å². The molecule has 0 aliphatic carbocycles. The Kier molecular flexibility index (Phi) is 6.25. The Hall–Kier alpha value is -3.80. The molecule has 0 aliphatic heterocycles. The molecule has 2 amide bonds. The monoisotopic (exact) mass is 376 g/mol. The number of benzene rings is 3. The first kappa shape index (κ1) is 19.0. The number of ether oxygens (including phenoxy) is 2. The van der Waals surface area contributed by atoms with Crippen molar-refractivity contribution in [1.82, 2.24) is 0 Å². The molecular formula is C22H20N2O4. The van der Waals surface area contributed by atoms with Crippen molar-refractivity contribution in [2.24, 2.45) is 0 Å². The van der Waals surface area contributed by atoms with Crippen molar-refractivity contribution < 1.29 is 19.1 Å². The van der Waals surface area contributed by atoms with Crippen LogP contribution in [0.15, 0.2) is 78.9 Å². The van der Waals surface area contributed by atoms with Crippen molar-refractivity contribution in [2.45, 2.75) is 6.92 Å². The Morgan fingerprint density at radius 1 is 0.750 bits per heavy atom. The second-order valence-electron chi connectivity index (χ2n) is 5.82. The average Bonchev–Trinajstić information content (AvgIpc) is 2.71. The number of para-hydroxylation sites is 1. The van der Waals surface area contributed by atoms with Crippen LogP contribution in [0.4, 0.5) is 16.2 Å². The van der Waals surface area contributed by atoms with Crippen LogP contribution >= 0.6 is 0 Å². The topological polar surface area (TPSA) is 76.7 Å². The average molecular weight is 376 g/mol. The third-order valence-corrected chi connectivity index (χ3v) is 3.76. The molecule has 28 heavy (non-hydrogen) atoms. The first-order valence-electron chi connectivity index (χ1n) is 8.82. The van der Waals surface area contributed by atoms with Gasteiger partial charge in [0.15, 0.2) is 0 Å². The normalized spacial score (nSPS) is 10.0. The van der Waals surface area contributed by atoms with Gasteiger partial charge in [0.1, 0.15) is 11.5 Å². The molecule has 0 fully saturated rings. The lowest BCUT2D eigenvalue weighted by atomic mass is 10.2. The minimum absolute atomic E-state index is 0.251.